The summed E-state index contributed by atoms with van der Waals surface area (Å²) in [7, 11) is 0. The molecule has 0 amide bonds. The number of rotatable bonds is 5. The number of aliphatic hydroxyl groups is 1. The zero-order valence-electron chi connectivity index (χ0n) is 32.6. The molecule has 11 rings (SSSR count). The molecule has 9 fully saturated rings. The smallest absolute Gasteiger partial charge is 0.339 e. The van der Waals surface area contributed by atoms with E-state index in [-0.39, 0.29) is 36.6 Å². The molecule has 4 saturated carbocycles. The van der Waals surface area contributed by atoms with Gasteiger partial charge >= 0.3 is 11.9 Å². The third kappa shape index (κ3) is 4.40. The number of hydrogen-bond donors (Lipinski definition) is 2. The van der Waals surface area contributed by atoms with E-state index in [0.29, 0.717) is 36.6 Å². The van der Waals surface area contributed by atoms with Crippen molar-refractivity contribution in [2.75, 3.05) is 19.8 Å². The van der Waals surface area contributed by atoms with Gasteiger partial charge in [-0.2, -0.15) is 0 Å². The molecular weight excluding hydrogens is 700 g/mol. The number of hydrogen-bond acceptors (Lipinski definition) is 11. The molecule has 6 aliphatic heterocycles. The van der Waals surface area contributed by atoms with Crippen LogP contribution >= 0.6 is 0 Å². The number of nitrogens with one attached hydrogen (secondary N) is 1. The highest BCUT2D eigenvalue weighted by Gasteiger charge is 2.92. The first kappa shape index (κ1) is 35.4. The van der Waals surface area contributed by atoms with Gasteiger partial charge in [-0.15, -0.1) is 0 Å². The second-order valence-electron chi connectivity index (χ2n) is 20.1. The lowest BCUT2D eigenvalue weighted by atomic mass is 9.33. The quantitative estimate of drug-likeness (QED) is 0.295. The van der Waals surface area contributed by atoms with Gasteiger partial charge in [-0.05, 0) is 101 Å². The van der Waals surface area contributed by atoms with Gasteiger partial charge in [-0.25, -0.2) is 4.79 Å². The Kier molecular flexibility index (Phi) is 7.68. The molecule has 55 heavy (non-hydrogen) atoms. The average molecular weight is 759 g/mol. The van der Waals surface area contributed by atoms with Crippen molar-refractivity contribution in [3.63, 3.8) is 0 Å². The maximum atomic E-state index is 15.2. The lowest BCUT2D eigenvalue weighted by Crippen LogP contribution is -2.79. The monoisotopic (exact) mass is 758 g/mol. The van der Waals surface area contributed by atoms with Crippen LogP contribution < -0.4 is 5.32 Å². The van der Waals surface area contributed by atoms with Crippen molar-refractivity contribution >= 4 is 17.7 Å². The zero-order valence-corrected chi connectivity index (χ0v) is 32.6. The maximum Gasteiger partial charge on any atom is 0.339 e. The second kappa shape index (κ2) is 11.9. The number of furan rings is 1. The standard InChI is InChI=1S/C44H58N2O9/c1-40(2)35-34(48)36(49)43(26-7-5-4-6-8-26)31(42(35)22-52-33(47)20-32(42)54-40)13-16-41(3)37(53-39(50)38-44(41,43)55-38)28-15-18-51-30(28)12-10-24-9-11-27-25(19-24)14-17-46-23-45-21-29(27)46/h14-15,17-18,24-27,29,31-32,35-38,45,49H,4-13,16,19-23H2,1-3H3. The Labute approximate surface area is 323 Å². The maximum absolute atomic E-state index is 15.2. The first-order valence-corrected chi connectivity index (χ1v) is 21.6. The van der Waals surface area contributed by atoms with E-state index in [4.69, 9.17) is 23.4 Å². The molecule has 7 heterocycles. The number of carbonyl (C=O) groups excluding carboxylic acids is 3. The van der Waals surface area contributed by atoms with Gasteiger partial charge in [0.15, 0.2) is 11.9 Å². The number of aliphatic hydroxyl groups excluding tert-OH is 1. The number of esters is 2. The molecule has 14 unspecified atom stereocenters. The van der Waals surface area contributed by atoms with Crippen molar-refractivity contribution in [3.05, 3.63) is 35.9 Å². The number of fused-ring (bicyclic) bond motifs is 4. The minimum absolute atomic E-state index is 0.0569. The van der Waals surface area contributed by atoms with Crippen molar-refractivity contribution in [2.24, 2.45) is 51.8 Å². The van der Waals surface area contributed by atoms with Crippen molar-refractivity contribution in [1.29, 1.82) is 0 Å². The van der Waals surface area contributed by atoms with E-state index < -0.39 is 63.8 Å². The Morgan fingerprint density at radius 3 is 2.67 bits per heavy atom. The van der Waals surface area contributed by atoms with Crippen molar-refractivity contribution in [2.45, 2.75) is 146 Å². The minimum Gasteiger partial charge on any atom is -0.469 e. The molecule has 0 aromatic carbocycles. The van der Waals surface area contributed by atoms with Crippen LogP contribution in [0, 0.1) is 51.8 Å². The van der Waals surface area contributed by atoms with E-state index in [1.165, 1.54) is 19.3 Å². The topological polar surface area (TPSA) is 140 Å². The molecule has 0 bridgehead atoms. The Balaban J connectivity index is 0.959. The van der Waals surface area contributed by atoms with Gasteiger partial charge in [-0.1, -0.05) is 38.7 Å². The molecule has 2 spiro atoms. The van der Waals surface area contributed by atoms with Crippen LogP contribution in [-0.4, -0.2) is 83.1 Å². The molecule has 1 aromatic heterocycles. The van der Waals surface area contributed by atoms with Crippen LogP contribution in [0.25, 0.3) is 0 Å². The average Bonchev–Trinajstić information content (AvgIpc) is 3.42. The molecule has 5 saturated heterocycles. The molecule has 0 radical (unpaired) electrons. The van der Waals surface area contributed by atoms with Gasteiger partial charge in [0.1, 0.15) is 30.2 Å². The van der Waals surface area contributed by atoms with Gasteiger partial charge in [-0.3, -0.25) is 14.9 Å². The van der Waals surface area contributed by atoms with E-state index in [9.17, 15) is 14.7 Å². The molecule has 10 aliphatic rings. The summed E-state index contributed by atoms with van der Waals surface area (Å²) in [4.78, 5) is 44.9. The number of carbonyl (C=O) groups is 3. The summed E-state index contributed by atoms with van der Waals surface area (Å²) in [5, 5.41) is 16.5. The Hall–Kier alpha value is -2.73. The number of allylic oxidation sites excluding steroid dienone is 1. The SMILES string of the molecule is CC1(C)OC2CC(=O)OCC23C1C(=O)C(O)C1(C2CCCCC2)C3CCC2(C)C(c3ccoc3CCC3CCC4C(C=CN5CNCC45)C3)OC(=O)C3OC321. The van der Waals surface area contributed by atoms with Gasteiger partial charge < -0.3 is 33.4 Å². The highest BCUT2D eigenvalue weighted by atomic mass is 16.7. The van der Waals surface area contributed by atoms with Crippen molar-refractivity contribution in [3.8, 4) is 0 Å². The van der Waals surface area contributed by atoms with Crippen molar-refractivity contribution in [1.82, 2.24) is 10.2 Å². The van der Waals surface area contributed by atoms with Gasteiger partial charge in [0.05, 0.1) is 37.0 Å². The van der Waals surface area contributed by atoms with Crippen LogP contribution in [-0.2, 0) is 39.8 Å². The lowest BCUT2D eigenvalue weighted by molar-refractivity contribution is -0.275. The predicted molar refractivity (Wildman–Crippen MR) is 197 cm³/mol. The summed E-state index contributed by atoms with van der Waals surface area (Å²) in [6.07, 6.45) is 14.6. The molecule has 2 N–H and O–H groups in total. The van der Waals surface area contributed by atoms with Gasteiger partial charge in [0.25, 0.3) is 0 Å². The van der Waals surface area contributed by atoms with E-state index in [2.05, 4.69) is 29.4 Å². The summed E-state index contributed by atoms with van der Waals surface area (Å²) in [5.41, 5.74) is -3.79. The van der Waals surface area contributed by atoms with Crippen LogP contribution in [0.1, 0.15) is 115 Å². The number of Topliss-reactive ketones (excluding diaryl/α,β-unsaturated/α-hetero) is 1. The van der Waals surface area contributed by atoms with E-state index in [0.717, 1.165) is 69.5 Å². The molecule has 11 heteroatoms. The van der Waals surface area contributed by atoms with Crippen LogP contribution in [0.4, 0.5) is 0 Å². The molecule has 4 aliphatic carbocycles. The third-order valence-corrected chi connectivity index (χ3v) is 17.7. The number of cyclic esters (lactones) is 2. The predicted octanol–water partition coefficient (Wildman–Crippen LogP) is 5.39. The van der Waals surface area contributed by atoms with Crippen LogP contribution in [0.3, 0.4) is 0 Å². The van der Waals surface area contributed by atoms with E-state index in [1.807, 2.05) is 19.9 Å². The molecule has 14 atom stereocenters. The lowest BCUT2D eigenvalue weighted by Gasteiger charge is -2.70. The first-order valence-electron chi connectivity index (χ1n) is 21.6. The summed E-state index contributed by atoms with van der Waals surface area (Å²) in [6.45, 7) is 8.14. The zero-order chi connectivity index (χ0) is 37.7. The van der Waals surface area contributed by atoms with Gasteiger partial charge in [0, 0.05) is 40.8 Å². The summed E-state index contributed by atoms with van der Waals surface area (Å²) in [5.74, 6) is 0.819. The van der Waals surface area contributed by atoms with E-state index >= 15 is 4.79 Å². The highest BCUT2D eigenvalue weighted by molar-refractivity contribution is 5.92. The first-order chi connectivity index (χ1) is 26.5. The molecule has 11 nitrogen and oxygen atoms in total. The number of ether oxygens (including phenoxy) is 4. The molecule has 1 aromatic rings. The van der Waals surface area contributed by atoms with Crippen LogP contribution in [0.2, 0.25) is 0 Å². The number of nitrogens with zero attached hydrogens (tertiary/aromatic N) is 1. The third-order valence-electron chi connectivity index (χ3n) is 17.7. The summed E-state index contributed by atoms with van der Waals surface area (Å²) < 4.78 is 32.4. The highest BCUT2D eigenvalue weighted by Crippen LogP contribution is 2.82. The Morgan fingerprint density at radius 1 is 1.00 bits per heavy atom. The fourth-order valence-corrected chi connectivity index (χ4v) is 15.8. The van der Waals surface area contributed by atoms with E-state index in [1.54, 1.807) is 6.26 Å². The summed E-state index contributed by atoms with van der Waals surface area (Å²) >= 11 is 0. The number of ketones is 1. The van der Waals surface area contributed by atoms with Crippen LogP contribution in [0.5, 0.6) is 0 Å². The second-order valence-corrected chi connectivity index (χ2v) is 20.1. The fourth-order valence-electron chi connectivity index (χ4n) is 15.8. The van der Waals surface area contributed by atoms with Gasteiger partial charge in [0.2, 0.25) is 0 Å². The Bertz CT molecular complexity index is 1820. The van der Waals surface area contributed by atoms with Crippen LogP contribution in [0.15, 0.2) is 29.0 Å². The Morgan fingerprint density at radius 2 is 1.84 bits per heavy atom. The fraction of sp³-hybridized carbons (Fsp3) is 0.795. The number of aryl methyl sites for hydroxylation is 1. The largest absolute Gasteiger partial charge is 0.469 e. The normalized spacial score (nSPS) is 49.4. The number of epoxide rings is 1. The molecule has 298 valence electrons. The molecular formula is C44H58N2O9. The van der Waals surface area contributed by atoms with Crippen molar-refractivity contribution < 1.29 is 42.9 Å². The minimum atomic E-state index is -1.36. The summed E-state index contributed by atoms with van der Waals surface area (Å²) in [6, 6.07) is 2.59.